The van der Waals surface area contributed by atoms with Crippen LogP contribution in [0.2, 0.25) is 0 Å². The van der Waals surface area contributed by atoms with E-state index in [4.69, 9.17) is 9.84 Å². The van der Waals surface area contributed by atoms with E-state index in [0.717, 1.165) is 19.6 Å². The maximum atomic E-state index is 8.49. The monoisotopic (exact) mass is 234 g/mol. The van der Waals surface area contributed by atoms with Gasteiger partial charge in [-0.1, -0.05) is 0 Å². The Labute approximate surface area is 96.4 Å². The van der Waals surface area contributed by atoms with Gasteiger partial charge in [0.05, 0.1) is 19.8 Å². The van der Waals surface area contributed by atoms with Crippen LogP contribution in [0.3, 0.4) is 0 Å². The molecular formula is C10H22N2O2S. The zero-order chi connectivity index (χ0) is 10.8. The first-order valence-electron chi connectivity index (χ1n) is 5.63. The highest BCUT2D eigenvalue weighted by Gasteiger charge is 2.08. The molecule has 90 valence electrons. The van der Waals surface area contributed by atoms with Gasteiger partial charge in [-0.2, -0.15) is 11.8 Å². The molecule has 1 fully saturated rings. The van der Waals surface area contributed by atoms with Crippen LogP contribution in [0.25, 0.3) is 0 Å². The van der Waals surface area contributed by atoms with Gasteiger partial charge < -0.3 is 20.1 Å². The van der Waals surface area contributed by atoms with Crippen molar-refractivity contribution in [1.82, 2.24) is 10.2 Å². The van der Waals surface area contributed by atoms with Gasteiger partial charge in [0.25, 0.3) is 0 Å². The third kappa shape index (κ3) is 7.14. The van der Waals surface area contributed by atoms with Gasteiger partial charge in [-0.25, -0.2) is 0 Å². The van der Waals surface area contributed by atoms with E-state index in [1.165, 1.54) is 24.6 Å². The summed E-state index contributed by atoms with van der Waals surface area (Å²) < 4.78 is 5.15. The second-order valence-electron chi connectivity index (χ2n) is 3.54. The molecule has 4 nitrogen and oxygen atoms in total. The molecular weight excluding hydrogens is 212 g/mol. The minimum absolute atomic E-state index is 0.117. The average Bonchev–Trinajstić information content (AvgIpc) is 2.29. The Bertz CT molecular complexity index is 143. The SMILES string of the molecule is OCCOCCNCCN1CCSCC1. The Morgan fingerprint density at radius 2 is 2.00 bits per heavy atom. The fourth-order valence-electron chi connectivity index (χ4n) is 1.50. The number of aliphatic hydroxyl groups is 1. The van der Waals surface area contributed by atoms with Crippen molar-refractivity contribution in [2.45, 2.75) is 0 Å². The van der Waals surface area contributed by atoms with Crippen molar-refractivity contribution >= 4 is 11.8 Å². The lowest BCUT2D eigenvalue weighted by Crippen LogP contribution is -2.38. The summed E-state index contributed by atoms with van der Waals surface area (Å²) in [7, 11) is 0. The highest BCUT2D eigenvalue weighted by Crippen LogP contribution is 2.07. The first kappa shape index (κ1) is 13.3. The van der Waals surface area contributed by atoms with Crippen LogP contribution in [0, 0.1) is 0 Å². The van der Waals surface area contributed by atoms with Crippen LogP contribution in [-0.2, 0) is 4.74 Å². The normalized spacial score (nSPS) is 18.2. The lowest BCUT2D eigenvalue weighted by molar-refractivity contribution is 0.0936. The molecule has 0 bridgehead atoms. The fraction of sp³-hybridized carbons (Fsp3) is 1.00. The molecule has 0 aliphatic carbocycles. The van der Waals surface area contributed by atoms with E-state index < -0.39 is 0 Å². The molecule has 1 heterocycles. The van der Waals surface area contributed by atoms with E-state index in [2.05, 4.69) is 10.2 Å². The van der Waals surface area contributed by atoms with Crippen molar-refractivity contribution < 1.29 is 9.84 Å². The van der Waals surface area contributed by atoms with Crippen molar-refractivity contribution in [3.05, 3.63) is 0 Å². The Morgan fingerprint density at radius 3 is 2.73 bits per heavy atom. The number of hydrogen-bond acceptors (Lipinski definition) is 5. The second-order valence-corrected chi connectivity index (χ2v) is 4.76. The summed E-state index contributed by atoms with van der Waals surface area (Å²) in [6, 6.07) is 0. The average molecular weight is 234 g/mol. The van der Waals surface area contributed by atoms with Crippen LogP contribution in [0.15, 0.2) is 0 Å². The topological polar surface area (TPSA) is 44.7 Å². The number of nitrogens with zero attached hydrogens (tertiary/aromatic N) is 1. The van der Waals surface area contributed by atoms with Gasteiger partial charge in [0.1, 0.15) is 0 Å². The molecule has 0 saturated carbocycles. The Hall–Kier alpha value is 0.190. The zero-order valence-corrected chi connectivity index (χ0v) is 10.1. The largest absolute Gasteiger partial charge is 0.394 e. The van der Waals surface area contributed by atoms with Crippen LogP contribution in [0.1, 0.15) is 0 Å². The highest BCUT2D eigenvalue weighted by atomic mass is 32.2. The van der Waals surface area contributed by atoms with Crippen molar-refractivity contribution in [2.24, 2.45) is 0 Å². The molecule has 0 aromatic heterocycles. The molecule has 1 rings (SSSR count). The molecule has 0 amide bonds. The molecule has 15 heavy (non-hydrogen) atoms. The van der Waals surface area contributed by atoms with Crippen molar-refractivity contribution in [1.29, 1.82) is 0 Å². The number of hydrogen-bond donors (Lipinski definition) is 2. The molecule has 1 aliphatic rings. The van der Waals surface area contributed by atoms with E-state index in [0.29, 0.717) is 13.2 Å². The van der Waals surface area contributed by atoms with Gasteiger partial charge in [0.2, 0.25) is 0 Å². The smallest absolute Gasteiger partial charge is 0.0698 e. The van der Waals surface area contributed by atoms with Crippen molar-refractivity contribution in [3.63, 3.8) is 0 Å². The van der Waals surface area contributed by atoms with Crippen molar-refractivity contribution in [2.75, 3.05) is 64.1 Å². The minimum Gasteiger partial charge on any atom is -0.394 e. The molecule has 5 heteroatoms. The van der Waals surface area contributed by atoms with E-state index >= 15 is 0 Å². The Balaban J connectivity index is 1.79. The second kappa shape index (κ2) is 9.42. The summed E-state index contributed by atoms with van der Waals surface area (Å²) in [5.74, 6) is 2.55. The molecule has 0 atom stereocenters. The molecule has 0 aromatic carbocycles. The lowest BCUT2D eigenvalue weighted by Gasteiger charge is -2.26. The lowest BCUT2D eigenvalue weighted by atomic mass is 10.4. The van der Waals surface area contributed by atoms with Gasteiger partial charge in [0, 0.05) is 44.2 Å². The van der Waals surface area contributed by atoms with E-state index in [1.54, 1.807) is 0 Å². The van der Waals surface area contributed by atoms with Crippen LogP contribution in [0.4, 0.5) is 0 Å². The van der Waals surface area contributed by atoms with Crippen LogP contribution in [-0.4, -0.2) is 74.1 Å². The van der Waals surface area contributed by atoms with Crippen LogP contribution < -0.4 is 5.32 Å². The van der Waals surface area contributed by atoms with Crippen LogP contribution >= 0.6 is 11.8 Å². The van der Waals surface area contributed by atoms with Gasteiger partial charge in [-0.15, -0.1) is 0 Å². The van der Waals surface area contributed by atoms with E-state index in [-0.39, 0.29) is 6.61 Å². The summed E-state index contributed by atoms with van der Waals surface area (Å²) in [5.41, 5.74) is 0. The maximum Gasteiger partial charge on any atom is 0.0698 e. The van der Waals surface area contributed by atoms with E-state index in [1.807, 2.05) is 11.8 Å². The first-order chi connectivity index (χ1) is 7.43. The zero-order valence-electron chi connectivity index (χ0n) is 9.28. The molecule has 0 unspecified atom stereocenters. The summed E-state index contributed by atoms with van der Waals surface area (Å²) in [5, 5.41) is 11.8. The third-order valence-electron chi connectivity index (χ3n) is 2.37. The third-order valence-corrected chi connectivity index (χ3v) is 3.31. The van der Waals surface area contributed by atoms with Gasteiger partial charge in [0.15, 0.2) is 0 Å². The number of aliphatic hydroxyl groups excluding tert-OH is 1. The Kier molecular flexibility index (Phi) is 8.32. The van der Waals surface area contributed by atoms with E-state index in [9.17, 15) is 0 Å². The predicted molar refractivity (Wildman–Crippen MR) is 64.5 cm³/mol. The molecule has 2 N–H and O–H groups in total. The standard InChI is InChI=1S/C10H22N2O2S/c13-6-8-14-7-2-11-1-3-12-4-9-15-10-5-12/h11,13H,1-10H2. The maximum absolute atomic E-state index is 8.49. The quantitative estimate of drug-likeness (QED) is 0.561. The summed E-state index contributed by atoms with van der Waals surface area (Å²) in [6.07, 6.45) is 0. The minimum atomic E-state index is 0.117. The first-order valence-corrected chi connectivity index (χ1v) is 6.78. The Morgan fingerprint density at radius 1 is 1.20 bits per heavy atom. The van der Waals surface area contributed by atoms with Gasteiger partial charge in [-0.05, 0) is 0 Å². The summed E-state index contributed by atoms with van der Waals surface area (Å²) in [6.45, 7) is 6.77. The molecule has 1 aliphatic heterocycles. The number of ether oxygens (including phenoxy) is 1. The summed E-state index contributed by atoms with van der Waals surface area (Å²) >= 11 is 2.05. The molecule has 1 saturated heterocycles. The summed E-state index contributed by atoms with van der Waals surface area (Å²) in [4.78, 5) is 2.50. The van der Waals surface area contributed by atoms with Gasteiger partial charge in [-0.3, -0.25) is 0 Å². The van der Waals surface area contributed by atoms with Crippen LogP contribution in [0.5, 0.6) is 0 Å². The molecule has 0 radical (unpaired) electrons. The number of nitrogens with one attached hydrogen (secondary N) is 1. The molecule has 0 aromatic rings. The fourth-order valence-corrected chi connectivity index (χ4v) is 2.48. The highest BCUT2D eigenvalue weighted by molar-refractivity contribution is 7.99. The van der Waals surface area contributed by atoms with Gasteiger partial charge >= 0.3 is 0 Å². The predicted octanol–water partition coefficient (Wildman–Crippen LogP) is -0.366. The number of rotatable bonds is 8. The molecule has 0 spiro atoms. The van der Waals surface area contributed by atoms with Crippen molar-refractivity contribution in [3.8, 4) is 0 Å². The number of thioether (sulfide) groups is 1.